The van der Waals surface area contributed by atoms with Crippen molar-refractivity contribution in [3.05, 3.63) is 12.2 Å². The molecule has 0 nitrogen and oxygen atoms in total. The fraction of sp³-hybridized carbons (Fsp3) is 0.818. The molecule has 0 amide bonds. The van der Waals surface area contributed by atoms with E-state index in [0.717, 1.165) is 17.8 Å². The highest BCUT2D eigenvalue weighted by molar-refractivity contribution is 8.50. The van der Waals surface area contributed by atoms with E-state index in [0.29, 0.717) is 0 Å². The average Bonchev–Trinajstić information content (AvgIpc) is 2.58. The van der Waals surface area contributed by atoms with E-state index in [1.165, 1.54) is 25.0 Å². The van der Waals surface area contributed by atoms with Gasteiger partial charge in [-0.3, -0.25) is 0 Å². The molecule has 2 bridgehead atoms. The molecule has 0 aromatic carbocycles. The maximum absolute atomic E-state index is 6.28. The standard InChI is InChI=1S/C11H19ClS/c1-13(2,12)6-5-11-8-9-3-4-10(11)7-9/h3-4,9-11H,5-8H2,1-2H3. The predicted molar refractivity (Wildman–Crippen MR) is 63.6 cm³/mol. The summed E-state index contributed by atoms with van der Waals surface area (Å²) in [6, 6.07) is 0. The number of rotatable bonds is 3. The van der Waals surface area contributed by atoms with E-state index >= 15 is 0 Å². The SMILES string of the molecule is CS(C)(Cl)CCC1CC2C=CC1C2. The third-order valence-corrected chi connectivity index (χ3v) is 5.06. The van der Waals surface area contributed by atoms with Gasteiger partial charge in [0.2, 0.25) is 0 Å². The molecule has 0 spiro atoms. The predicted octanol–water partition coefficient (Wildman–Crippen LogP) is 3.81. The van der Waals surface area contributed by atoms with Crippen molar-refractivity contribution < 1.29 is 0 Å². The van der Waals surface area contributed by atoms with Gasteiger partial charge in [-0.2, -0.15) is 9.24 Å². The van der Waals surface area contributed by atoms with Crippen LogP contribution in [0.25, 0.3) is 0 Å². The van der Waals surface area contributed by atoms with Crippen molar-refractivity contribution in [1.82, 2.24) is 0 Å². The maximum atomic E-state index is 6.28. The van der Waals surface area contributed by atoms with E-state index in [9.17, 15) is 0 Å². The molecule has 2 heteroatoms. The van der Waals surface area contributed by atoms with Crippen LogP contribution in [0.3, 0.4) is 0 Å². The molecule has 3 unspecified atom stereocenters. The Labute approximate surface area is 87.6 Å². The highest BCUT2D eigenvalue weighted by Gasteiger charge is 2.35. The summed E-state index contributed by atoms with van der Waals surface area (Å²) in [6.07, 6.45) is 13.5. The molecule has 13 heavy (non-hydrogen) atoms. The number of hydrogen-bond acceptors (Lipinski definition) is 0. The smallest absolute Gasteiger partial charge is 0.0103 e. The summed E-state index contributed by atoms with van der Waals surface area (Å²) >= 11 is 0. The van der Waals surface area contributed by atoms with Crippen LogP contribution in [0.15, 0.2) is 12.2 Å². The van der Waals surface area contributed by atoms with E-state index < -0.39 is 9.24 Å². The quantitative estimate of drug-likeness (QED) is 0.632. The number of halogens is 1. The lowest BCUT2D eigenvalue weighted by Gasteiger charge is -2.26. The van der Waals surface area contributed by atoms with Gasteiger partial charge in [-0.05, 0) is 55.3 Å². The number of allylic oxidation sites excluding steroid dienone is 2. The first kappa shape index (κ1) is 9.92. The fourth-order valence-electron chi connectivity index (χ4n) is 2.66. The van der Waals surface area contributed by atoms with Gasteiger partial charge in [0.1, 0.15) is 0 Å². The Hall–Kier alpha value is 0.380. The van der Waals surface area contributed by atoms with Gasteiger partial charge in [0, 0.05) is 0 Å². The zero-order chi connectivity index (χ0) is 9.47. The molecule has 2 aliphatic rings. The molecule has 0 aliphatic heterocycles. The van der Waals surface area contributed by atoms with Gasteiger partial charge in [-0.1, -0.05) is 22.8 Å². The molecule has 0 aromatic rings. The normalized spacial score (nSPS) is 38.5. The molecule has 0 radical (unpaired) electrons. The Morgan fingerprint density at radius 1 is 1.31 bits per heavy atom. The zero-order valence-electron chi connectivity index (χ0n) is 8.50. The Balaban J connectivity index is 1.81. The minimum absolute atomic E-state index is 0.780. The molecule has 0 N–H and O–H groups in total. The van der Waals surface area contributed by atoms with Crippen LogP contribution in [-0.4, -0.2) is 18.3 Å². The van der Waals surface area contributed by atoms with Gasteiger partial charge in [-0.15, -0.1) is 0 Å². The molecule has 2 rings (SSSR count). The first-order chi connectivity index (χ1) is 6.04. The Morgan fingerprint density at radius 3 is 2.54 bits per heavy atom. The molecule has 2 aliphatic carbocycles. The van der Waals surface area contributed by atoms with E-state index in [2.05, 4.69) is 24.7 Å². The summed E-state index contributed by atoms with van der Waals surface area (Å²) in [5, 5.41) is 0. The topological polar surface area (TPSA) is 0 Å². The van der Waals surface area contributed by atoms with Gasteiger partial charge < -0.3 is 0 Å². The summed E-state index contributed by atoms with van der Waals surface area (Å²) < 4.78 is 0. The summed E-state index contributed by atoms with van der Waals surface area (Å²) in [5.74, 6) is 4.03. The molecule has 0 aromatic heterocycles. The molecule has 3 atom stereocenters. The lowest BCUT2D eigenvalue weighted by molar-refractivity contribution is 0.437. The summed E-state index contributed by atoms with van der Waals surface area (Å²) in [4.78, 5) is 0. The van der Waals surface area contributed by atoms with E-state index in [1.54, 1.807) is 0 Å². The Kier molecular flexibility index (Phi) is 2.68. The zero-order valence-corrected chi connectivity index (χ0v) is 10.1. The highest BCUT2D eigenvalue weighted by atomic mass is 35.7. The number of fused-ring (bicyclic) bond motifs is 2. The van der Waals surface area contributed by atoms with E-state index in [4.69, 9.17) is 10.7 Å². The first-order valence-corrected chi connectivity index (χ1v) is 8.58. The van der Waals surface area contributed by atoms with Gasteiger partial charge in [0.15, 0.2) is 0 Å². The van der Waals surface area contributed by atoms with Crippen LogP contribution in [0.2, 0.25) is 0 Å². The summed E-state index contributed by atoms with van der Waals surface area (Å²) in [7, 11) is 5.50. The fourth-order valence-corrected chi connectivity index (χ4v) is 3.79. The van der Waals surface area contributed by atoms with Crippen molar-refractivity contribution in [2.45, 2.75) is 19.3 Å². The third-order valence-electron chi connectivity index (χ3n) is 3.39. The number of hydrogen-bond donors (Lipinski definition) is 0. The van der Waals surface area contributed by atoms with Crippen molar-refractivity contribution >= 4 is 19.9 Å². The maximum Gasteiger partial charge on any atom is -0.0103 e. The van der Waals surface area contributed by atoms with Crippen LogP contribution in [0, 0.1) is 17.8 Å². The van der Waals surface area contributed by atoms with Crippen LogP contribution in [-0.2, 0) is 0 Å². The molecule has 0 heterocycles. The van der Waals surface area contributed by atoms with Crippen LogP contribution in [0.4, 0.5) is 0 Å². The first-order valence-electron chi connectivity index (χ1n) is 5.13. The summed E-state index contributed by atoms with van der Waals surface area (Å²) in [6.45, 7) is 0. The molecular weight excluding hydrogens is 200 g/mol. The molecule has 1 saturated carbocycles. The lowest BCUT2D eigenvalue weighted by Crippen LogP contribution is -2.10. The van der Waals surface area contributed by atoms with Crippen molar-refractivity contribution in [2.75, 3.05) is 18.3 Å². The van der Waals surface area contributed by atoms with Crippen molar-refractivity contribution in [3.63, 3.8) is 0 Å². The lowest BCUT2D eigenvalue weighted by atomic mass is 9.91. The second kappa shape index (κ2) is 3.51. The second-order valence-corrected chi connectivity index (χ2v) is 10.7. The van der Waals surface area contributed by atoms with Crippen molar-refractivity contribution in [3.8, 4) is 0 Å². The van der Waals surface area contributed by atoms with Crippen LogP contribution >= 0.6 is 19.9 Å². The molecule has 1 fully saturated rings. The van der Waals surface area contributed by atoms with Gasteiger partial charge in [0.25, 0.3) is 0 Å². The van der Waals surface area contributed by atoms with Gasteiger partial charge in [-0.25, -0.2) is 0 Å². The Morgan fingerprint density at radius 2 is 2.08 bits per heavy atom. The molecular formula is C11H19ClS. The molecule has 0 saturated heterocycles. The van der Waals surface area contributed by atoms with E-state index in [1.807, 2.05) is 0 Å². The van der Waals surface area contributed by atoms with E-state index in [-0.39, 0.29) is 0 Å². The largest absolute Gasteiger partial charge is 0.169 e. The van der Waals surface area contributed by atoms with Crippen LogP contribution in [0.1, 0.15) is 19.3 Å². The van der Waals surface area contributed by atoms with Crippen LogP contribution < -0.4 is 0 Å². The second-order valence-electron chi connectivity index (χ2n) is 4.94. The van der Waals surface area contributed by atoms with Gasteiger partial charge >= 0.3 is 0 Å². The van der Waals surface area contributed by atoms with Crippen LogP contribution in [0.5, 0.6) is 0 Å². The highest BCUT2D eigenvalue weighted by Crippen LogP contribution is 2.50. The third kappa shape index (κ3) is 2.44. The molecule has 76 valence electrons. The van der Waals surface area contributed by atoms with Gasteiger partial charge in [0.05, 0.1) is 0 Å². The van der Waals surface area contributed by atoms with Crippen molar-refractivity contribution in [2.24, 2.45) is 17.8 Å². The summed E-state index contributed by atoms with van der Waals surface area (Å²) in [5.41, 5.74) is 0. The minimum Gasteiger partial charge on any atom is -0.169 e. The minimum atomic E-state index is -0.780. The Bertz CT molecular complexity index is 217. The van der Waals surface area contributed by atoms with Crippen molar-refractivity contribution in [1.29, 1.82) is 0 Å². The monoisotopic (exact) mass is 218 g/mol. The average molecular weight is 219 g/mol.